The Morgan fingerprint density at radius 1 is 1.48 bits per heavy atom. The minimum atomic E-state index is -3.74. The van der Waals surface area contributed by atoms with Gasteiger partial charge in [-0.1, -0.05) is 18.2 Å². The first-order valence-corrected chi connectivity index (χ1v) is 7.78. The van der Waals surface area contributed by atoms with E-state index in [-0.39, 0.29) is 12.4 Å². The highest BCUT2D eigenvalue weighted by Crippen LogP contribution is 2.30. The predicted molar refractivity (Wildman–Crippen MR) is 77.0 cm³/mol. The molecule has 21 heavy (non-hydrogen) atoms. The molecule has 1 unspecified atom stereocenters. The normalized spacial score (nSPS) is 18.3. The maximum Gasteiger partial charge on any atom is 0.363 e. The van der Waals surface area contributed by atoms with Gasteiger partial charge in [0, 0.05) is 11.6 Å². The van der Waals surface area contributed by atoms with Gasteiger partial charge in [0.05, 0.1) is 6.61 Å². The maximum absolute atomic E-state index is 12.1. The number of nitrogens with zero attached hydrogens (tertiary/aromatic N) is 2. The van der Waals surface area contributed by atoms with E-state index in [1.807, 2.05) is 0 Å². The molecule has 1 aromatic heterocycles. The Morgan fingerprint density at radius 3 is 2.81 bits per heavy atom. The third-order valence-corrected chi connectivity index (χ3v) is 4.72. The smallest absolute Gasteiger partial charge is 0.358 e. The molecule has 2 rings (SSSR count). The minimum absolute atomic E-state index is 0.0638. The second-order valence-electron chi connectivity index (χ2n) is 4.34. The number of aromatic nitrogens is 1. The molecule has 0 bridgehead atoms. The maximum atomic E-state index is 12.1. The van der Waals surface area contributed by atoms with Gasteiger partial charge in [0.2, 0.25) is 0 Å². The van der Waals surface area contributed by atoms with E-state index in [9.17, 15) is 18.5 Å². The van der Waals surface area contributed by atoms with Gasteiger partial charge in [-0.25, -0.2) is 0 Å². The SMILES string of the molecule is CCOS(=O)(=O)C1CC=CC=C1c1ccc([N+](=O)[O-])nc1. The van der Waals surface area contributed by atoms with Crippen LogP contribution in [0.25, 0.3) is 5.57 Å². The molecule has 7 nitrogen and oxygen atoms in total. The Bertz CT molecular complexity index is 692. The Labute approximate surface area is 122 Å². The van der Waals surface area contributed by atoms with Crippen molar-refractivity contribution in [1.82, 2.24) is 4.98 Å². The molecule has 8 heteroatoms. The average Bonchev–Trinajstić information content (AvgIpc) is 2.47. The zero-order valence-corrected chi connectivity index (χ0v) is 12.1. The molecule has 0 saturated heterocycles. The molecule has 0 radical (unpaired) electrons. The van der Waals surface area contributed by atoms with E-state index in [2.05, 4.69) is 4.98 Å². The van der Waals surface area contributed by atoms with E-state index < -0.39 is 20.3 Å². The number of hydrogen-bond acceptors (Lipinski definition) is 6. The molecule has 0 fully saturated rings. The molecule has 0 amide bonds. The number of pyridine rings is 1. The molecule has 1 aromatic rings. The predicted octanol–water partition coefficient (Wildman–Crippen LogP) is 2.07. The van der Waals surface area contributed by atoms with Gasteiger partial charge < -0.3 is 10.1 Å². The van der Waals surface area contributed by atoms with Crippen LogP contribution < -0.4 is 0 Å². The Morgan fingerprint density at radius 2 is 2.24 bits per heavy atom. The first-order chi connectivity index (χ1) is 9.95. The zero-order valence-electron chi connectivity index (χ0n) is 11.3. The van der Waals surface area contributed by atoms with Crippen molar-refractivity contribution in [3.63, 3.8) is 0 Å². The van der Waals surface area contributed by atoms with Crippen LogP contribution in [0.4, 0.5) is 5.82 Å². The standard InChI is InChI=1S/C13H14N2O5S/c1-2-20-21(18,19)12-6-4-3-5-11(12)10-7-8-13(14-9-10)15(16)17/h3-5,7-9,12H,2,6H2,1H3. The van der Waals surface area contributed by atoms with Crippen LogP contribution in [0.1, 0.15) is 18.9 Å². The summed E-state index contributed by atoms with van der Waals surface area (Å²) >= 11 is 0. The second-order valence-corrected chi connectivity index (χ2v) is 6.13. The summed E-state index contributed by atoms with van der Waals surface area (Å²) in [6.45, 7) is 1.67. The monoisotopic (exact) mass is 310 g/mol. The van der Waals surface area contributed by atoms with Crippen LogP contribution in [-0.4, -0.2) is 30.2 Å². The van der Waals surface area contributed by atoms with E-state index in [0.29, 0.717) is 17.6 Å². The first-order valence-electron chi connectivity index (χ1n) is 6.31. The number of hydrogen-bond donors (Lipinski definition) is 0. The largest absolute Gasteiger partial charge is 0.363 e. The van der Waals surface area contributed by atoms with E-state index in [0.717, 1.165) is 0 Å². The molecule has 0 saturated carbocycles. The zero-order chi connectivity index (χ0) is 15.5. The summed E-state index contributed by atoms with van der Waals surface area (Å²) in [7, 11) is -3.74. The van der Waals surface area contributed by atoms with Gasteiger partial charge in [-0.15, -0.1) is 0 Å². The lowest BCUT2D eigenvalue weighted by Crippen LogP contribution is -2.25. The second kappa shape index (κ2) is 6.15. The summed E-state index contributed by atoms with van der Waals surface area (Å²) in [6, 6.07) is 2.74. The van der Waals surface area contributed by atoms with Crippen molar-refractivity contribution in [2.45, 2.75) is 18.6 Å². The van der Waals surface area contributed by atoms with Crippen LogP contribution in [0.15, 0.2) is 36.6 Å². The lowest BCUT2D eigenvalue weighted by Gasteiger charge is -2.20. The first kappa shape index (κ1) is 15.3. The van der Waals surface area contributed by atoms with Crippen molar-refractivity contribution >= 4 is 21.5 Å². The van der Waals surface area contributed by atoms with Crippen LogP contribution >= 0.6 is 0 Å². The van der Waals surface area contributed by atoms with E-state index in [1.54, 1.807) is 25.2 Å². The molecule has 0 aliphatic heterocycles. The summed E-state index contributed by atoms with van der Waals surface area (Å²) in [5.41, 5.74) is 1.05. The van der Waals surface area contributed by atoms with Gasteiger partial charge in [0.1, 0.15) is 11.4 Å². The molecule has 1 heterocycles. The molecule has 1 atom stereocenters. The van der Waals surface area contributed by atoms with E-state index in [4.69, 9.17) is 4.18 Å². The van der Waals surface area contributed by atoms with Crippen molar-refractivity contribution in [2.75, 3.05) is 6.61 Å². The van der Waals surface area contributed by atoms with Crippen molar-refractivity contribution in [1.29, 1.82) is 0 Å². The highest BCUT2D eigenvalue weighted by atomic mass is 32.2. The fourth-order valence-electron chi connectivity index (χ4n) is 2.07. The topological polar surface area (TPSA) is 99.4 Å². The third-order valence-electron chi connectivity index (χ3n) is 3.01. The van der Waals surface area contributed by atoms with Crippen LogP contribution in [0.5, 0.6) is 0 Å². The fraction of sp³-hybridized carbons (Fsp3) is 0.308. The molecule has 1 aliphatic rings. The van der Waals surface area contributed by atoms with Crippen LogP contribution in [-0.2, 0) is 14.3 Å². The third kappa shape index (κ3) is 3.34. The average molecular weight is 310 g/mol. The summed E-state index contributed by atoms with van der Waals surface area (Å²) in [5, 5.41) is 9.77. The fourth-order valence-corrected chi connectivity index (χ4v) is 3.44. The summed E-state index contributed by atoms with van der Waals surface area (Å²) in [4.78, 5) is 13.7. The van der Waals surface area contributed by atoms with E-state index >= 15 is 0 Å². The molecular weight excluding hydrogens is 296 g/mol. The van der Waals surface area contributed by atoms with Gasteiger partial charge in [0.25, 0.3) is 10.1 Å². The number of nitro groups is 1. The number of allylic oxidation sites excluding steroid dienone is 3. The van der Waals surface area contributed by atoms with Crippen molar-refractivity contribution in [3.8, 4) is 0 Å². The van der Waals surface area contributed by atoms with Crippen molar-refractivity contribution < 1.29 is 17.5 Å². The van der Waals surface area contributed by atoms with Gasteiger partial charge in [0.15, 0.2) is 0 Å². The van der Waals surface area contributed by atoms with E-state index in [1.165, 1.54) is 18.3 Å². The van der Waals surface area contributed by atoms with Gasteiger partial charge in [-0.2, -0.15) is 8.42 Å². The lowest BCUT2D eigenvalue weighted by molar-refractivity contribution is -0.389. The Hall–Kier alpha value is -2.06. The Balaban J connectivity index is 2.37. The van der Waals surface area contributed by atoms with Crippen LogP contribution in [0.3, 0.4) is 0 Å². The molecule has 112 valence electrons. The highest BCUT2D eigenvalue weighted by molar-refractivity contribution is 7.87. The summed E-state index contributed by atoms with van der Waals surface area (Å²) < 4.78 is 29.1. The van der Waals surface area contributed by atoms with Crippen molar-refractivity contribution in [3.05, 3.63) is 52.2 Å². The number of rotatable bonds is 5. The summed E-state index contributed by atoms with van der Waals surface area (Å²) in [5.74, 6) is -0.282. The van der Waals surface area contributed by atoms with Gasteiger partial charge >= 0.3 is 5.82 Å². The highest BCUT2D eigenvalue weighted by Gasteiger charge is 2.31. The molecule has 0 aromatic carbocycles. The van der Waals surface area contributed by atoms with Gasteiger partial charge in [-0.3, -0.25) is 4.18 Å². The lowest BCUT2D eigenvalue weighted by atomic mass is 9.98. The summed E-state index contributed by atoms with van der Waals surface area (Å²) in [6.07, 6.45) is 6.74. The van der Waals surface area contributed by atoms with Crippen molar-refractivity contribution in [2.24, 2.45) is 0 Å². The van der Waals surface area contributed by atoms with Crippen LogP contribution in [0.2, 0.25) is 0 Å². The quantitative estimate of drug-likeness (QED) is 0.469. The molecule has 0 spiro atoms. The van der Waals surface area contributed by atoms with Crippen LogP contribution in [0, 0.1) is 10.1 Å². The molecular formula is C13H14N2O5S. The molecule has 0 N–H and O–H groups in total. The Kier molecular flexibility index (Phi) is 4.49. The van der Waals surface area contributed by atoms with Gasteiger partial charge in [-0.05, 0) is 34.9 Å². The minimum Gasteiger partial charge on any atom is -0.358 e. The molecule has 1 aliphatic carbocycles.